The molecule has 25 heteroatoms. The quantitative estimate of drug-likeness (QED) is 0.0120. The summed E-state index contributed by atoms with van der Waals surface area (Å²) < 4.78 is 15.6. The average Bonchev–Trinajstić information content (AvgIpc) is 3.68. The molecule has 25 nitrogen and oxygen atoms in total. The van der Waals surface area contributed by atoms with Gasteiger partial charge in [-0.3, -0.25) is 33.6 Å². The maximum absolute atomic E-state index is 14.0. The van der Waals surface area contributed by atoms with Gasteiger partial charge in [0.05, 0.1) is 13.2 Å². The summed E-state index contributed by atoms with van der Waals surface area (Å²) in [6.07, 6.45) is -0.598. The summed E-state index contributed by atoms with van der Waals surface area (Å²) in [5.74, 6) is -2.83. The monoisotopic (exact) mass is 1140 g/mol. The van der Waals surface area contributed by atoms with Gasteiger partial charge in [0.15, 0.2) is 28.3 Å². The lowest BCUT2D eigenvalue weighted by Crippen LogP contribution is -2.50. The first-order valence-electron chi connectivity index (χ1n) is 27.0. The number of aromatic nitrogens is 3. The van der Waals surface area contributed by atoms with Crippen molar-refractivity contribution in [2.75, 3.05) is 32.8 Å². The van der Waals surface area contributed by atoms with Crippen molar-refractivity contribution in [1.82, 2.24) is 35.0 Å². The number of aryl methyl sites for hydroxylation is 1. The standard InChI is InChI=1S/C57H74N10O15/c1-38-41(70)21-31-66(33-44(73)50(76)51(77)45(74)34-68)47(38)54(78)59-26-12-23-57(63-46(75)19-10-5-11-29-62-64-58,24-13-27-60-55(79)48-52(42(71)20-30-65(48)2)81-35-39-15-6-3-7-16-39)25-14-28-61-56(80)49-53(43(72)22-32-67(49)37-69)82-36-40-17-8-4-9-18-40/h3-4,6-9,15-18,20-22,30-32,44-45,50-51,68-69,73-74,76-77H,5,10-14,19,23-29,33-37H2,1-2H3,(H,59,78)(H,60,79)(H,61,80)(H,63,75). The van der Waals surface area contributed by atoms with Crippen LogP contribution in [-0.2, 0) is 38.3 Å². The predicted molar refractivity (Wildman–Crippen MR) is 301 cm³/mol. The van der Waals surface area contributed by atoms with Gasteiger partial charge in [0.1, 0.15) is 50.1 Å². The van der Waals surface area contributed by atoms with Gasteiger partial charge in [0.2, 0.25) is 16.8 Å². The van der Waals surface area contributed by atoms with E-state index in [1.54, 1.807) is 31.3 Å². The van der Waals surface area contributed by atoms with Crippen molar-refractivity contribution < 1.29 is 59.3 Å². The molecule has 5 rings (SSSR count). The summed E-state index contributed by atoms with van der Waals surface area (Å²) in [5, 5.41) is 76.2. The van der Waals surface area contributed by atoms with Crippen LogP contribution in [0.25, 0.3) is 10.4 Å². The molecule has 82 heavy (non-hydrogen) atoms. The van der Waals surface area contributed by atoms with Crippen LogP contribution < -0.4 is 47.0 Å². The second kappa shape index (κ2) is 32.9. The average molecular weight is 1140 g/mol. The molecular formula is C57H74N10O15. The number of aliphatic hydroxyl groups is 6. The normalized spacial score (nSPS) is 13.3. The maximum Gasteiger partial charge on any atom is 0.272 e. The number of hydrogen-bond donors (Lipinski definition) is 10. The topological polar surface area (TPSA) is 371 Å². The highest BCUT2D eigenvalue weighted by Crippen LogP contribution is 2.27. The molecule has 3 heterocycles. The van der Waals surface area contributed by atoms with Crippen LogP contribution in [0.3, 0.4) is 0 Å². The molecule has 0 spiro atoms. The fourth-order valence-electron chi connectivity index (χ4n) is 9.28. The minimum Gasteiger partial charge on any atom is -0.483 e. The number of carbonyl (C=O) groups is 4. The van der Waals surface area contributed by atoms with Gasteiger partial charge >= 0.3 is 0 Å². The van der Waals surface area contributed by atoms with Crippen LogP contribution >= 0.6 is 0 Å². The van der Waals surface area contributed by atoms with Crippen LogP contribution in [0.5, 0.6) is 11.5 Å². The number of amides is 4. The fourth-order valence-corrected chi connectivity index (χ4v) is 9.28. The van der Waals surface area contributed by atoms with E-state index in [1.165, 1.54) is 51.3 Å². The summed E-state index contributed by atoms with van der Waals surface area (Å²) in [7, 11) is 1.60. The lowest BCUT2D eigenvalue weighted by atomic mass is 9.83. The molecule has 0 bridgehead atoms. The van der Waals surface area contributed by atoms with Gasteiger partial charge in [-0.15, -0.1) is 0 Å². The largest absolute Gasteiger partial charge is 0.483 e. The van der Waals surface area contributed by atoms with Crippen molar-refractivity contribution in [3.8, 4) is 11.5 Å². The van der Waals surface area contributed by atoms with Gasteiger partial charge in [-0.05, 0) is 74.9 Å². The number of unbranched alkanes of at least 4 members (excludes halogenated alkanes) is 2. The van der Waals surface area contributed by atoms with E-state index in [1.807, 2.05) is 36.4 Å². The molecule has 442 valence electrons. The highest BCUT2D eigenvalue weighted by atomic mass is 16.5. The highest BCUT2D eigenvalue weighted by molar-refractivity contribution is 5.96. The van der Waals surface area contributed by atoms with Crippen LogP contribution in [0.2, 0.25) is 0 Å². The number of pyridine rings is 3. The Morgan fingerprint density at radius 2 is 1.11 bits per heavy atom. The number of aliphatic hydroxyl groups excluding tert-OH is 6. The molecular weight excluding hydrogens is 1060 g/mol. The summed E-state index contributed by atoms with van der Waals surface area (Å²) in [4.78, 5) is 97.8. The van der Waals surface area contributed by atoms with E-state index in [0.717, 1.165) is 17.2 Å². The fraction of sp³-hybridized carbons (Fsp3) is 0.456. The van der Waals surface area contributed by atoms with Crippen molar-refractivity contribution in [3.05, 3.63) is 172 Å². The molecule has 4 amide bonds. The Bertz CT molecular complexity index is 3130. The number of benzene rings is 2. The van der Waals surface area contributed by atoms with E-state index >= 15 is 0 Å². The van der Waals surface area contributed by atoms with Crippen LogP contribution in [0, 0.1) is 6.92 Å². The number of nitrogens with zero attached hydrogens (tertiary/aromatic N) is 6. The van der Waals surface area contributed by atoms with Crippen LogP contribution in [0.15, 0.2) is 117 Å². The van der Waals surface area contributed by atoms with Gasteiger partial charge in [-0.25, -0.2) is 0 Å². The van der Waals surface area contributed by atoms with Crippen molar-refractivity contribution >= 4 is 23.6 Å². The molecule has 10 N–H and O–H groups in total. The van der Waals surface area contributed by atoms with E-state index in [4.69, 9.17) is 15.0 Å². The van der Waals surface area contributed by atoms with Gasteiger partial charge in [0.25, 0.3) is 17.7 Å². The molecule has 0 aliphatic heterocycles. The summed E-state index contributed by atoms with van der Waals surface area (Å²) in [5.41, 5.74) is 7.10. The number of nitrogens with one attached hydrogen (secondary N) is 4. The molecule has 0 saturated carbocycles. The van der Waals surface area contributed by atoms with E-state index in [0.29, 0.717) is 19.3 Å². The number of azide groups is 1. The van der Waals surface area contributed by atoms with E-state index in [9.17, 15) is 64.2 Å². The molecule has 5 aromatic rings. The van der Waals surface area contributed by atoms with Crippen molar-refractivity contribution in [2.24, 2.45) is 12.2 Å². The first-order chi connectivity index (χ1) is 39.4. The van der Waals surface area contributed by atoms with E-state index < -0.39 is 83.8 Å². The summed E-state index contributed by atoms with van der Waals surface area (Å²) in [6, 6.07) is 21.7. The number of carbonyl (C=O) groups excluding carboxylic acids is 4. The van der Waals surface area contributed by atoms with Crippen LogP contribution in [-0.4, -0.2) is 131 Å². The number of hydrogen-bond acceptors (Lipinski definition) is 16. The second-order valence-electron chi connectivity index (χ2n) is 19.8. The van der Waals surface area contributed by atoms with Crippen LogP contribution in [0.4, 0.5) is 0 Å². The van der Waals surface area contributed by atoms with Gasteiger partial charge in [0, 0.05) is 92.5 Å². The zero-order chi connectivity index (χ0) is 59.6. The molecule has 5 atom stereocenters. The van der Waals surface area contributed by atoms with Gasteiger partial charge in [-0.1, -0.05) is 72.2 Å². The second-order valence-corrected chi connectivity index (χ2v) is 19.8. The third kappa shape index (κ3) is 19.0. The van der Waals surface area contributed by atoms with Crippen LogP contribution in [0.1, 0.15) is 112 Å². The molecule has 0 aliphatic rings. The molecule has 0 saturated heterocycles. The first kappa shape index (κ1) is 64.7. The Kier molecular flexibility index (Phi) is 26.0. The Hall–Kier alpha value is -8.16. The number of rotatable bonds is 35. The van der Waals surface area contributed by atoms with Crippen molar-refractivity contribution in [3.63, 3.8) is 0 Å². The van der Waals surface area contributed by atoms with Gasteiger partial charge < -0.3 is 75.1 Å². The Balaban J connectivity index is 1.40. The molecule has 0 radical (unpaired) electrons. The third-order valence-electron chi connectivity index (χ3n) is 13.7. The zero-order valence-electron chi connectivity index (χ0n) is 46.0. The predicted octanol–water partition coefficient (Wildman–Crippen LogP) is 2.22. The van der Waals surface area contributed by atoms with Crippen molar-refractivity contribution in [2.45, 2.75) is 128 Å². The molecule has 5 unspecified atom stereocenters. The van der Waals surface area contributed by atoms with Gasteiger partial charge in [-0.2, -0.15) is 0 Å². The van der Waals surface area contributed by atoms with E-state index in [-0.39, 0.29) is 124 Å². The molecule has 0 fully saturated rings. The Morgan fingerprint density at radius 1 is 0.622 bits per heavy atom. The van der Waals surface area contributed by atoms with Crippen molar-refractivity contribution in [1.29, 1.82) is 0 Å². The van der Waals surface area contributed by atoms with E-state index in [2.05, 4.69) is 31.3 Å². The first-order valence-corrected chi connectivity index (χ1v) is 27.0. The minimum absolute atomic E-state index is 0.00502. The minimum atomic E-state index is -1.96. The maximum atomic E-state index is 14.0. The summed E-state index contributed by atoms with van der Waals surface area (Å²) >= 11 is 0. The lowest BCUT2D eigenvalue weighted by Gasteiger charge is -2.36. The SMILES string of the molecule is Cc1c(C(=O)NCCCC(CCCNC(=O)c2c(OCc3ccccc3)c(=O)ccn2C)(CCCNC(=O)c2c(OCc3ccccc3)c(=O)ccn2CO)NC(=O)CCCCCN=[N+]=[N-])n(CC(O)C(O)C(O)C(O)CO)ccc1=O. The third-order valence-corrected chi connectivity index (χ3v) is 13.7. The molecule has 3 aromatic heterocycles. The molecule has 2 aromatic carbocycles. The molecule has 0 aliphatic carbocycles. The number of ether oxygens (including phenoxy) is 2. The Labute approximate surface area is 472 Å². The smallest absolute Gasteiger partial charge is 0.272 e. The lowest BCUT2D eigenvalue weighted by molar-refractivity contribution is -0.123. The summed E-state index contributed by atoms with van der Waals surface area (Å²) in [6.45, 7) is -0.459. The zero-order valence-corrected chi connectivity index (χ0v) is 46.0. The Morgan fingerprint density at radius 3 is 1.65 bits per heavy atom. The highest BCUT2D eigenvalue weighted by Gasteiger charge is 2.33.